The van der Waals surface area contributed by atoms with Crippen molar-refractivity contribution >= 4 is 5.91 Å². The van der Waals surface area contributed by atoms with Crippen LogP contribution in [0.4, 0.5) is 0 Å². The van der Waals surface area contributed by atoms with Crippen LogP contribution in [0.5, 0.6) is 11.5 Å². The summed E-state index contributed by atoms with van der Waals surface area (Å²) in [5.74, 6) is 1.96. The standard InChI is InChI=1S/C25H32N2O3/c1-29-23-10-5-7-21(17-23)18-24(28)27-14-12-25(20-27)11-6-13-26(19-25)15-16-30-22-8-3-2-4-9-22/h2-5,7-10,17H,6,11-16,18-20H2,1H3/t25-/m1/s1. The number of nitrogens with zero attached hydrogens (tertiary/aromatic N) is 2. The molecule has 0 aliphatic carbocycles. The first-order chi connectivity index (χ1) is 14.7. The molecule has 2 aliphatic rings. The van der Waals surface area contributed by atoms with E-state index in [1.54, 1.807) is 7.11 Å². The Morgan fingerprint density at radius 2 is 1.83 bits per heavy atom. The molecule has 2 fully saturated rings. The highest BCUT2D eigenvalue weighted by Crippen LogP contribution is 2.39. The Kier molecular flexibility index (Phi) is 6.58. The number of para-hydroxylation sites is 1. The number of hydrogen-bond acceptors (Lipinski definition) is 4. The van der Waals surface area contributed by atoms with Crippen molar-refractivity contribution < 1.29 is 14.3 Å². The lowest BCUT2D eigenvalue weighted by Gasteiger charge is -2.40. The van der Waals surface area contributed by atoms with Crippen LogP contribution in [-0.2, 0) is 11.2 Å². The van der Waals surface area contributed by atoms with E-state index in [4.69, 9.17) is 9.47 Å². The van der Waals surface area contributed by atoms with Gasteiger partial charge < -0.3 is 14.4 Å². The number of carbonyl (C=O) groups is 1. The van der Waals surface area contributed by atoms with Crippen LogP contribution < -0.4 is 9.47 Å². The van der Waals surface area contributed by atoms with E-state index in [0.717, 1.165) is 56.2 Å². The van der Waals surface area contributed by atoms with Crippen molar-refractivity contribution in [2.24, 2.45) is 5.41 Å². The number of carbonyl (C=O) groups excluding carboxylic acids is 1. The van der Waals surface area contributed by atoms with Gasteiger partial charge in [-0.15, -0.1) is 0 Å². The Morgan fingerprint density at radius 1 is 1.00 bits per heavy atom. The predicted octanol–water partition coefficient (Wildman–Crippen LogP) is 3.63. The first kappa shape index (κ1) is 20.7. The molecule has 1 spiro atoms. The van der Waals surface area contributed by atoms with Crippen molar-refractivity contribution in [3.63, 3.8) is 0 Å². The van der Waals surface area contributed by atoms with Crippen LogP contribution in [-0.4, -0.2) is 62.1 Å². The number of hydrogen-bond donors (Lipinski definition) is 0. The van der Waals surface area contributed by atoms with Gasteiger partial charge in [-0.1, -0.05) is 30.3 Å². The number of likely N-dealkylation sites (tertiary alicyclic amines) is 2. The van der Waals surface area contributed by atoms with Crippen LogP contribution in [0, 0.1) is 5.41 Å². The molecule has 2 aliphatic heterocycles. The van der Waals surface area contributed by atoms with Crippen LogP contribution in [0.2, 0.25) is 0 Å². The molecule has 4 rings (SSSR count). The molecule has 160 valence electrons. The SMILES string of the molecule is COc1cccc(CC(=O)N2CC[C@@]3(CCCN(CCOc4ccccc4)C3)C2)c1. The Bertz CT molecular complexity index is 841. The minimum absolute atomic E-state index is 0.227. The summed E-state index contributed by atoms with van der Waals surface area (Å²) in [6.07, 6.45) is 3.96. The molecule has 0 N–H and O–H groups in total. The number of amides is 1. The van der Waals surface area contributed by atoms with Crippen molar-refractivity contribution in [3.05, 3.63) is 60.2 Å². The van der Waals surface area contributed by atoms with Gasteiger partial charge in [0.15, 0.2) is 0 Å². The fourth-order valence-electron chi connectivity index (χ4n) is 4.86. The molecule has 0 bridgehead atoms. The zero-order valence-electron chi connectivity index (χ0n) is 17.9. The average Bonchev–Trinajstić information content (AvgIpc) is 3.18. The van der Waals surface area contributed by atoms with Crippen LogP contribution >= 0.6 is 0 Å². The number of piperidine rings is 1. The minimum Gasteiger partial charge on any atom is -0.497 e. The first-order valence-corrected chi connectivity index (χ1v) is 11.0. The molecule has 0 radical (unpaired) electrons. The van der Waals surface area contributed by atoms with Crippen molar-refractivity contribution in [2.75, 3.05) is 46.4 Å². The monoisotopic (exact) mass is 408 g/mol. The fraction of sp³-hybridized carbons (Fsp3) is 0.480. The molecule has 1 atom stereocenters. The summed E-state index contributed by atoms with van der Waals surface area (Å²) in [5.41, 5.74) is 1.26. The summed E-state index contributed by atoms with van der Waals surface area (Å²) in [7, 11) is 1.66. The summed E-state index contributed by atoms with van der Waals surface area (Å²) in [6, 6.07) is 17.8. The second kappa shape index (κ2) is 9.52. The van der Waals surface area contributed by atoms with Gasteiger partial charge in [0.05, 0.1) is 13.5 Å². The van der Waals surface area contributed by atoms with Gasteiger partial charge in [-0.2, -0.15) is 0 Å². The topological polar surface area (TPSA) is 42.0 Å². The second-order valence-electron chi connectivity index (χ2n) is 8.63. The molecule has 2 saturated heterocycles. The lowest BCUT2D eigenvalue weighted by Crippen LogP contribution is -2.46. The van der Waals surface area contributed by atoms with Crippen LogP contribution in [0.15, 0.2) is 54.6 Å². The van der Waals surface area contributed by atoms with E-state index in [1.807, 2.05) is 54.6 Å². The summed E-state index contributed by atoms with van der Waals surface area (Å²) in [4.78, 5) is 17.5. The molecule has 5 heteroatoms. The molecule has 0 saturated carbocycles. The Labute approximate surface area is 179 Å². The third kappa shape index (κ3) is 5.14. The highest BCUT2D eigenvalue weighted by atomic mass is 16.5. The van der Waals surface area contributed by atoms with Gasteiger partial charge >= 0.3 is 0 Å². The Morgan fingerprint density at radius 3 is 2.67 bits per heavy atom. The van der Waals surface area contributed by atoms with E-state index < -0.39 is 0 Å². The molecule has 1 amide bonds. The van der Waals surface area contributed by atoms with Crippen molar-refractivity contribution in [1.29, 1.82) is 0 Å². The highest BCUT2D eigenvalue weighted by Gasteiger charge is 2.42. The molecule has 5 nitrogen and oxygen atoms in total. The number of rotatable bonds is 7. The maximum absolute atomic E-state index is 12.9. The van der Waals surface area contributed by atoms with Crippen LogP contribution in [0.1, 0.15) is 24.8 Å². The molecule has 2 aromatic carbocycles. The molecule has 30 heavy (non-hydrogen) atoms. The van der Waals surface area contributed by atoms with Gasteiger partial charge in [0.2, 0.25) is 5.91 Å². The van der Waals surface area contributed by atoms with Crippen LogP contribution in [0.25, 0.3) is 0 Å². The molecule has 2 heterocycles. The maximum atomic E-state index is 12.9. The van der Waals surface area contributed by atoms with Gasteiger partial charge in [-0.05, 0) is 55.6 Å². The zero-order valence-corrected chi connectivity index (χ0v) is 17.9. The molecule has 0 aromatic heterocycles. The molecular formula is C25H32N2O3. The lowest BCUT2D eigenvalue weighted by molar-refractivity contribution is -0.130. The summed E-state index contributed by atoms with van der Waals surface area (Å²) >= 11 is 0. The maximum Gasteiger partial charge on any atom is 0.227 e. The van der Waals surface area contributed by atoms with Gasteiger partial charge in [0.25, 0.3) is 0 Å². The van der Waals surface area contributed by atoms with E-state index in [2.05, 4.69) is 9.80 Å². The lowest BCUT2D eigenvalue weighted by atomic mass is 9.79. The summed E-state index contributed by atoms with van der Waals surface area (Å²) < 4.78 is 11.2. The smallest absolute Gasteiger partial charge is 0.227 e. The van der Waals surface area contributed by atoms with Gasteiger partial charge in [-0.25, -0.2) is 0 Å². The fourth-order valence-corrected chi connectivity index (χ4v) is 4.86. The van der Waals surface area contributed by atoms with Gasteiger partial charge in [0, 0.05) is 31.6 Å². The summed E-state index contributed by atoms with van der Waals surface area (Å²) in [5, 5.41) is 0. The third-order valence-electron chi connectivity index (χ3n) is 6.44. The first-order valence-electron chi connectivity index (χ1n) is 11.0. The third-order valence-corrected chi connectivity index (χ3v) is 6.44. The second-order valence-corrected chi connectivity index (χ2v) is 8.63. The van der Waals surface area contributed by atoms with E-state index in [-0.39, 0.29) is 11.3 Å². The quantitative estimate of drug-likeness (QED) is 0.702. The molecular weight excluding hydrogens is 376 g/mol. The summed E-state index contributed by atoms with van der Waals surface area (Å²) in [6.45, 7) is 5.59. The normalized spacial score (nSPS) is 21.7. The number of ether oxygens (including phenoxy) is 2. The average molecular weight is 409 g/mol. The number of benzene rings is 2. The molecule has 0 unspecified atom stereocenters. The van der Waals surface area contributed by atoms with E-state index >= 15 is 0 Å². The van der Waals surface area contributed by atoms with Crippen LogP contribution in [0.3, 0.4) is 0 Å². The molecule has 2 aromatic rings. The van der Waals surface area contributed by atoms with E-state index in [9.17, 15) is 4.79 Å². The zero-order chi connectivity index (χ0) is 20.8. The Hall–Kier alpha value is -2.53. The van der Waals surface area contributed by atoms with E-state index in [1.165, 1.54) is 12.8 Å². The van der Waals surface area contributed by atoms with E-state index in [0.29, 0.717) is 13.0 Å². The highest BCUT2D eigenvalue weighted by molar-refractivity contribution is 5.79. The number of methoxy groups -OCH3 is 1. The minimum atomic E-state index is 0.227. The van der Waals surface area contributed by atoms with Crippen molar-refractivity contribution in [3.8, 4) is 11.5 Å². The van der Waals surface area contributed by atoms with Crippen molar-refractivity contribution in [1.82, 2.24) is 9.80 Å². The van der Waals surface area contributed by atoms with Crippen molar-refractivity contribution in [2.45, 2.75) is 25.7 Å². The largest absolute Gasteiger partial charge is 0.497 e. The van der Waals surface area contributed by atoms with Gasteiger partial charge in [0.1, 0.15) is 18.1 Å². The predicted molar refractivity (Wildman–Crippen MR) is 118 cm³/mol. The van der Waals surface area contributed by atoms with Gasteiger partial charge in [-0.3, -0.25) is 9.69 Å². The Balaban J connectivity index is 1.28.